The van der Waals surface area contributed by atoms with Gasteiger partial charge in [-0.3, -0.25) is 0 Å². The SMILES string of the molecule is Brc1ccc2c(c1)C(c1ccccc1)(c1ccccc1)c1cccc(-c3nc(-c4ccccc4)nc(-c4ccccc4)n3)c1-2. The maximum Gasteiger partial charge on any atom is 0.164 e. The third kappa shape index (κ3) is 4.22. The third-order valence-electron chi connectivity index (χ3n) is 8.48. The zero-order valence-electron chi connectivity index (χ0n) is 23.7. The van der Waals surface area contributed by atoms with Crippen LogP contribution in [0, 0.1) is 0 Å². The van der Waals surface area contributed by atoms with Crippen molar-refractivity contribution < 1.29 is 0 Å². The molecule has 0 saturated heterocycles. The molecule has 1 aromatic heterocycles. The molecule has 0 aliphatic heterocycles. The van der Waals surface area contributed by atoms with E-state index in [0.29, 0.717) is 17.5 Å². The van der Waals surface area contributed by atoms with E-state index >= 15 is 0 Å². The molecule has 3 nitrogen and oxygen atoms in total. The molecule has 0 fully saturated rings. The molecule has 7 aromatic rings. The molecule has 208 valence electrons. The molecule has 1 heterocycles. The maximum atomic E-state index is 5.13. The van der Waals surface area contributed by atoms with E-state index in [1.165, 1.54) is 27.8 Å². The maximum absolute atomic E-state index is 5.13. The zero-order valence-corrected chi connectivity index (χ0v) is 25.3. The number of fused-ring (bicyclic) bond motifs is 3. The first-order valence-corrected chi connectivity index (χ1v) is 15.4. The van der Waals surface area contributed by atoms with E-state index in [4.69, 9.17) is 15.0 Å². The standard InChI is InChI=1S/C40H26BrN3/c41-31-24-25-32-35(26-31)40(29-18-9-3-10-19-29,30-20-11-4-12-21-30)34-23-13-22-33(36(32)34)39-43-37(27-14-5-1-6-15-27)42-38(44-39)28-16-7-2-8-17-28/h1-26H. The molecule has 0 radical (unpaired) electrons. The molecular formula is C40H26BrN3. The quantitative estimate of drug-likeness (QED) is 0.190. The van der Waals surface area contributed by atoms with Crippen molar-refractivity contribution in [3.8, 4) is 45.3 Å². The van der Waals surface area contributed by atoms with Crippen molar-refractivity contribution in [1.82, 2.24) is 15.0 Å². The van der Waals surface area contributed by atoms with E-state index in [1.54, 1.807) is 0 Å². The van der Waals surface area contributed by atoms with Gasteiger partial charge in [-0.2, -0.15) is 0 Å². The highest BCUT2D eigenvalue weighted by Crippen LogP contribution is 2.58. The van der Waals surface area contributed by atoms with Crippen LogP contribution >= 0.6 is 15.9 Å². The lowest BCUT2D eigenvalue weighted by molar-refractivity contribution is 0.768. The molecule has 44 heavy (non-hydrogen) atoms. The molecule has 1 aliphatic carbocycles. The van der Waals surface area contributed by atoms with Gasteiger partial charge in [-0.15, -0.1) is 0 Å². The van der Waals surface area contributed by atoms with E-state index in [-0.39, 0.29) is 0 Å². The lowest BCUT2D eigenvalue weighted by atomic mass is 9.67. The summed E-state index contributed by atoms with van der Waals surface area (Å²) in [5.74, 6) is 1.96. The summed E-state index contributed by atoms with van der Waals surface area (Å²) in [6.07, 6.45) is 0. The fourth-order valence-corrected chi connectivity index (χ4v) is 6.99. The highest BCUT2D eigenvalue weighted by Gasteiger charge is 2.47. The fraction of sp³-hybridized carbons (Fsp3) is 0.0250. The third-order valence-corrected chi connectivity index (χ3v) is 8.97. The Balaban J connectivity index is 1.46. The van der Waals surface area contributed by atoms with Crippen LogP contribution in [-0.4, -0.2) is 15.0 Å². The number of hydrogen-bond acceptors (Lipinski definition) is 3. The largest absolute Gasteiger partial charge is 0.208 e. The minimum absolute atomic E-state index is 0.523. The molecule has 0 amide bonds. The van der Waals surface area contributed by atoms with Gasteiger partial charge in [0.15, 0.2) is 17.5 Å². The Labute approximate surface area is 265 Å². The van der Waals surface area contributed by atoms with Gasteiger partial charge in [0.05, 0.1) is 5.41 Å². The van der Waals surface area contributed by atoms with Gasteiger partial charge in [0.25, 0.3) is 0 Å². The second kappa shape index (κ2) is 10.8. The lowest BCUT2D eigenvalue weighted by Crippen LogP contribution is -2.28. The first-order chi connectivity index (χ1) is 21.7. The van der Waals surface area contributed by atoms with Crippen LogP contribution in [0.4, 0.5) is 0 Å². The summed E-state index contributed by atoms with van der Waals surface area (Å²) < 4.78 is 1.04. The van der Waals surface area contributed by atoms with Crippen LogP contribution in [0.1, 0.15) is 22.3 Å². The Morgan fingerprint density at radius 3 is 1.45 bits per heavy atom. The van der Waals surface area contributed by atoms with Gasteiger partial charge < -0.3 is 0 Å². The number of rotatable bonds is 5. The van der Waals surface area contributed by atoms with E-state index in [2.05, 4.69) is 113 Å². The summed E-state index contributed by atoms with van der Waals surface area (Å²) >= 11 is 3.81. The van der Waals surface area contributed by atoms with Crippen LogP contribution in [0.25, 0.3) is 45.3 Å². The van der Waals surface area contributed by atoms with E-state index in [0.717, 1.165) is 26.7 Å². The minimum Gasteiger partial charge on any atom is -0.208 e. The zero-order chi connectivity index (χ0) is 29.5. The Bertz CT molecular complexity index is 2020. The minimum atomic E-state index is -0.523. The molecule has 0 N–H and O–H groups in total. The van der Waals surface area contributed by atoms with Gasteiger partial charge in [0, 0.05) is 21.2 Å². The topological polar surface area (TPSA) is 38.7 Å². The summed E-state index contributed by atoms with van der Waals surface area (Å²) in [6, 6.07) is 55.1. The molecular weight excluding hydrogens is 602 g/mol. The number of nitrogens with zero attached hydrogens (tertiary/aromatic N) is 3. The average molecular weight is 629 g/mol. The van der Waals surface area contributed by atoms with Crippen molar-refractivity contribution in [1.29, 1.82) is 0 Å². The van der Waals surface area contributed by atoms with Gasteiger partial charge in [0.2, 0.25) is 0 Å². The van der Waals surface area contributed by atoms with Crippen molar-refractivity contribution in [2.75, 3.05) is 0 Å². The Kier molecular flexibility index (Phi) is 6.50. The number of hydrogen-bond donors (Lipinski definition) is 0. The number of aromatic nitrogens is 3. The van der Waals surface area contributed by atoms with Crippen molar-refractivity contribution >= 4 is 15.9 Å². The molecule has 6 aromatic carbocycles. The summed E-state index contributed by atoms with van der Waals surface area (Å²) in [5, 5.41) is 0. The smallest absolute Gasteiger partial charge is 0.164 e. The second-order valence-corrected chi connectivity index (χ2v) is 11.9. The molecule has 1 aliphatic rings. The number of halogens is 1. The first kappa shape index (κ1) is 26.4. The van der Waals surface area contributed by atoms with Gasteiger partial charge in [-0.25, -0.2) is 15.0 Å². The van der Waals surface area contributed by atoms with Crippen LogP contribution < -0.4 is 0 Å². The first-order valence-electron chi connectivity index (χ1n) is 14.7. The fourth-order valence-electron chi connectivity index (χ4n) is 6.63. The van der Waals surface area contributed by atoms with Gasteiger partial charge in [0.1, 0.15) is 0 Å². The summed E-state index contributed by atoms with van der Waals surface area (Å²) in [6.45, 7) is 0. The van der Waals surface area contributed by atoms with Gasteiger partial charge in [-0.1, -0.05) is 162 Å². The molecule has 0 atom stereocenters. The van der Waals surface area contributed by atoms with Crippen LogP contribution in [0.3, 0.4) is 0 Å². The normalized spacial score (nSPS) is 12.8. The Morgan fingerprint density at radius 2 is 0.909 bits per heavy atom. The summed E-state index contributed by atoms with van der Waals surface area (Å²) in [4.78, 5) is 15.2. The monoisotopic (exact) mass is 627 g/mol. The summed E-state index contributed by atoms with van der Waals surface area (Å²) in [5.41, 5.74) is 9.55. The van der Waals surface area contributed by atoms with Crippen molar-refractivity contribution in [2.45, 2.75) is 5.41 Å². The van der Waals surface area contributed by atoms with Crippen molar-refractivity contribution in [3.05, 3.63) is 184 Å². The van der Waals surface area contributed by atoms with Crippen molar-refractivity contribution in [2.24, 2.45) is 0 Å². The van der Waals surface area contributed by atoms with E-state index in [9.17, 15) is 0 Å². The Morgan fingerprint density at radius 1 is 0.409 bits per heavy atom. The second-order valence-electron chi connectivity index (χ2n) is 10.9. The predicted octanol–water partition coefficient (Wildman–Crippen LogP) is 10.00. The molecule has 0 spiro atoms. The molecule has 8 rings (SSSR count). The number of benzene rings is 6. The van der Waals surface area contributed by atoms with Gasteiger partial charge in [-0.05, 0) is 45.5 Å². The van der Waals surface area contributed by atoms with Crippen LogP contribution in [-0.2, 0) is 5.41 Å². The average Bonchev–Trinajstić information content (AvgIpc) is 3.40. The van der Waals surface area contributed by atoms with Crippen LogP contribution in [0.2, 0.25) is 0 Å². The lowest BCUT2D eigenvalue weighted by Gasteiger charge is -2.34. The predicted molar refractivity (Wildman–Crippen MR) is 181 cm³/mol. The highest BCUT2D eigenvalue weighted by atomic mass is 79.9. The molecule has 0 saturated carbocycles. The van der Waals surface area contributed by atoms with E-state index < -0.39 is 5.41 Å². The highest BCUT2D eigenvalue weighted by molar-refractivity contribution is 9.10. The van der Waals surface area contributed by atoms with Gasteiger partial charge >= 0.3 is 0 Å². The molecule has 0 bridgehead atoms. The summed E-state index contributed by atoms with van der Waals surface area (Å²) in [7, 11) is 0. The Hall–Kier alpha value is -5.19. The van der Waals surface area contributed by atoms with Crippen LogP contribution in [0.15, 0.2) is 162 Å². The molecule has 4 heteroatoms. The molecule has 0 unspecified atom stereocenters. The van der Waals surface area contributed by atoms with Crippen molar-refractivity contribution in [3.63, 3.8) is 0 Å². The van der Waals surface area contributed by atoms with E-state index in [1.807, 2.05) is 60.7 Å². The van der Waals surface area contributed by atoms with Crippen LogP contribution in [0.5, 0.6) is 0 Å².